The van der Waals surface area contributed by atoms with Crippen LogP contribution >= 0.6 is 24.0 Å². The number of carbonyl (C=O) groups is 2. The van der Waals surface area contributed by atoms with E-state index in [9.17, 15) is 9.59 Å². The third-order valence-electron chi connectivity index (χ3n) is 4.64. The minimum atomic E-state index is -0.184. The van der Waals surface area contributed by atoms with Gasteiger partial charge in [-0.2, -0.15) is 0 Å². The quantitative estimate of drug-likeness (QED) is 0.584. The highest BCUT2D eigenvalue weighted by molar-refractivity contribution is 8.26. The first kappa shape index (κ1) is 18.9. The van der Waals surface area contributed by atoms with Gasteiger partial charge in [0.1, 0.15) is 10.9 Å². The van der Waals surface area contributed by atoms with Crippen LogP contribution < -0.4 is 0 Å². The highest BCUT2D eigenvalue weighted by Gasteiger charge is 2.34. The molecule has 0 saturated carbocycles. The molecule has 0 spiro atoms. The van der Waals surface area contributed by atoms with Crippen LogP contribution in [0.15, 0.2) is 47.4 Å². The van der Waals surface area contributed by atoms with E-state index in [1.54, 1.807) is 6.08 Å². The molecule has 0 atom stereocenters. The lowest BCUT2D eigenvalue weighted by Gasteiger charge is -2.31. The van der Waals surface area contributed by atoms with Gasteiger partial charge in [0.15, 0.2) is 0 Å². The Bertz CT molecular complexity index is 750. The number of carbonyl (C=O) groups excluding carboxylic acids is 2. The second-order valence-corrected chi connectivity index (χ2v) is 8.30. The minimum absolute atomic E-state index is 0.0192. The fourth-order valence-corrected chi connectivity index (χ4v) is 4.16. The van der Waals surface area contributed by atoms with E-state index in [1.807, 2.05) is 47.4 Å². The van der Waals surface area contributed by atoms with Crippen LogP contribution in [0, 0.1) is 5.92 Å². The van der Waals surface area contributed by atoms with Crippen molar-refractivity contribution in [1.82, 2.24) is 9.80 Å². The molecule has 1 aromatic carbocycles. The van der Waals surface area contributed by atoms with Gasteiger partial charge in [0, 0.05) is 13.1 Å². The van der Waals surface area contributed by atoms with Crippen LogP contribution in [0.5, 0.6) is 0 Å². The Morgan fingerprint density at radius 2 is 1.96 bits per heavy atom. The third-order valence-corrected chi connectivity index (χ3v) is 6.04. The van der Waals surface area contributed by atoms with Gasteiger partial charge in [0.2, 0.25) is 5.91 Å². The van der Waals surface area contributed by atoms with Crippen molar-refractivity contribution in [3.05, 3.63) is 53.0 Å². The maximum atomic E-state index is 12.6. The Morgan fingerprint density at radius 1 is 1.27 bits per heavy atom. The van der Waals surface area contributed by atoms with E-state index in [-0.39, 0.29) is 18.4 Å². The van der Waals surface area contributed by atoms with Gasteiger partial charge in [0.25, 0.3) is 5.91 Å². The molecule has 0 N–H and O–H groups in total. The average Bonchev–Trinajstić information content (AvgIpc) is 2.91. The summed E-state index contributed by atoms with van der Waals surface area (Å²) in [6.45, 7) is 3.78. The monoisotopic (exact) mass is 386 g/mol. The summed E-state index contributed by atoms with van der Waals surface area (Å²) in [5.41, 5.74) is 1.06. The molecule has 2 aliphatic heterocycles. The van der Waals surface area contributed by atoms with Gasteiger partial charge in [0.05, 0.1) is 4.91 Å². The number of amides is 2. The van der Waals surface area contributed by atoms with Crippen molar-refractivity contribution in [2.24, 2.45) is 5.92 Å². The van der Waals surface area contributed by atoms with Crippen molar-refractivity contribution < 1.29 is 9.59 Å². The summed E-state index contributed by atoms with van der Waals surface area (Å²) in [7, 11) is 0. The van der Waals surface area contributed by atoms with E-state index in [2.05, 4.69) is 6.92 Å². The normalized spacial score (nSPS) is 20.6. The molecule has 3 rings (SSSR count). The number of likely N-dealkylation sites (tertiary alicyclic amines) is 1. The number of hydrogen-bond donors (Lipinski definition) is 0. The first-order valence-electron chi connectivity index (χ1n) is 8.79. The van der Waals surface area contributed by atoms with Crippen molar-refractivity contribution in [2.45, 2.75) is 19.8 Å². The maximum Gasteiger partial charge on any atom is 0.266 e. The number of thioether (sulfide) groups is 1. The van der Waals surface area contributed by atoms with Crippen molar-refractivity contribution >= 4 is 46.2 Å². The predicted octanol–water partition coefficient (Wildman–Crippen LogP) is 3.70. The molecule has 2 heterocycles. The zero-order valence-electron chi connectivity index (χ0n) is 14.8. The average molecular weight is 387 g/mol. The number of nitrogens with zero attached hydrogens (tertiary/aromatic N) is 2. The summed E-state index contributed by atoms with van der Waals surface area (Å²) >= 11 is 6.56. The molecule has 2 fully saturated rings. The largest absolute Gasteiger partial charge is 0.341 e. The number of hydrogen-bond acceptors (Lipinski definition) is 4. The molecule has 4 nitrogen and oxygen atoms in total. The van der Waals surface area contributed by atoms with Gasteiger partial charge >= 0.3 is 0 Å². The SMILES string of the molecule is CC1CCN(C(=O)CN2C(=O)/C(=C/C=C/c3ccccc3)SC2=S)CC1. The van der Waals surface area contributed by atoms with Gasteiger partial charge in [-0.15, -0.1) is 0 Å². The third kappa shape index (κ3) is 4.62. The molecule has 0 unspecified atom stereocenters. The summed E-state index contributed by atoms with van der Waals surface area (Å²) in [6, 6.07) is 9.88. The van der Waals surface area contributed by atoms with Crippen LogP contribution in [-0.4, -0.2) is 45.6 Å². The summed E-state index contributed by atoms with van der Waals surface area (Å²) in [4.78, 5) is 28.9. The van der Waals surface area contributed by atoms with Gasteiger partial charge < -0.3 is 4.90 Å². The van der Waals surface area contributed by atoms with E-state index in [4.69, 9.17) is 12.2 Å². The molecule has 1 aromatic rings. The second kappa shape index (κ2) is 8.64. The lowest BCUT2D eigenvalue weighted by Crippen LogP contribution is -2.45. The lowest BCUT2D eigenvalue weighted by atomic mass is 9.99. The number of allylic oxidation sites excluding steroid dienone is 2. The molecule has 0 aliphatic carbocycles. The predicted molar refractivity (Wildman–Crippen MR) is 110 cm³/mol. The Labute approximate surface area is 163 Å². The topological polar surface area (TPSA) is 40.6 Å². The Balaban J connectivity index is 1.60. The van der Waals surface area contributed by atoms with Crippen molar-refractivity contribution in [3.8, 4) is 0 Å². The van der Waals surface area contributed by atoms with Crippen LogP contribution in [0.25, 0.3) is 6.08 Å². The molecular formula is C20H22N2O2S2. The number of thiocarbonyl (C=S) groups is 1. The number of rotatable bonds is 4. The summed E-state index contributed by atoms with van der Waals surface area (Å²) in [5, 5.41) is 0. The molecule has 6 heteroatoms. The van der Waals surface area contributed by atoms with Crippen LogP contribution in [0.1, 0.15) is 25.3 Å². The van der Waals surface area contributed by atoms with Gasteiger partial charge in [-0.3, -0.25) is 14.5 Å². The second-order valence-electron chi connectivity index (χ2n) is 6.62. The Hall–Kier alpha value is -1.92. The molecule has 0 aromatic heterocycles. The van der Waals surface area contributed by atoms with Crippen LogP contribution in [-0.2, 0) is 9.59 Å². The summed E-state index contributed by atoms with van der Waals surface area (Å²) in [5.74, 6) is 0.459. The van der Waals surface area contributed by atoms with Crippen molar-refractivity contribution in [2.75, 3.05) is 19.6 Å². The zero-order chi connectivity index (χ0) is 18.5. The molecule has 2 saturated heterocycles. The fourth-order valence-electron chi connectivity index (χ4n) is 2.95. The maximum absolute atomic E-state index is 12.6. The van der Waals surface area contributed by atoms with Crippen LogP contribution in [0.3, 0.4) is 0 Å². The minimum Gasteiger partial charge on any atom is -0.341 e. The van der Waals surface area contributed by atoms with Gasteiger partial charge in [-0.05, 0) is 30.4 Å². The molecule has 136 valence electrons. The van der Waals surface area contributed by atoms with E-state index >= 15 is 0 Å². The molecular weight excluding hydrogens is 364 g/mol. The highest BCUT2D eigenvalue weighted by Crippen LogP contribution is 2.31. The van der Waals surface area contributed by atoms with Gasteiger partial charge in [-0.25, -0.2) is 0 Å². The van der Waals surface area contributed by atoms with Crippen molar-refractivity contribution in [1.29, 1.82) is 0 Å². The van der Waals surface area contributed by atoms with Crippen LogP contribution in [0.2, 0.25) is 0 Å². The zero-order valence-corrected chi connectivity index (χ0v) is 16.4. The first-order chi connectivity index (χ1) is 12.5. The lowest BCUT2D eigenvalue weighted by molar-refractivity contribution is -0.136. The van der Waals surface area contributed by atoms with E-state index in [0.29, 0.717) is 15.1 Å². The molecule has 26 heavy (non-hydrogen) atoms. The van der Waals surface area contributed by atoms with Gasteiger partial charge in [-0.1, -0.05) is 73.4 Å². The Morgan fingerprint density at radius 3 is 2.65 bits per heavy atom. The number of benzene rings is 1. The van der Waals surface area contributed by atoms with E-state index < -0.39 is 0 Å². The summed E-state index contributed by atoms with van der Waals surface area (Å²) in [6.07, 6.45) is 7.59. The molecule has 0 radical (unpaired) electrons. The molecule has 2 aliphatic rings. The van der Waals surface area contributed by atoms with E-state index in [0.717, 1.165) is 31.5 Å². The van der Waals surface area contributed by atoms with Crippen LogP contribution in [0.4, 0.5) is 0 Å². The smallest absolute Gasteiger partial charge is 0.266 e. The Kier molecular flexibility index (Phi) is 6.27. The van der Waals surface area contributed by atoms with E-state index in [1.165, 1.54) is 16.7 Å². The highest BCUT2D eigenvalue weighted by atomic mass is 32.2. The van der Waals surface area contributed by atoms with Crippen molar-refractivity contribution in [3.63, 3.8) is 0 Å². The first-order valence-corrected chi connectivity index (χ1v) is 10.0. The molecule has 0 bridgehead atoms. The molecule has 2 amide bonds. The summed E-state index contributed by atoms with van der Waals surface area (Å²) < 4.78 is 0.452. The number of piperidine rings is 1. The fraction of sp³-hybridized carbons (Fsp3) is 0.350. The standard InChI is InChI=1S/C20H22N2O2S2/c1-15-10-12-21(13-11-15)18(23)14-22-19(24)17(26-20(22)25)9-5-8-16-6-3-2-4-7-16/h2-9,15H,10-14H2,1H3/b8-5+,17-9-.